The maximum absolute atomic E-state index is 12.2. The maximum atomic E-state index is 12.2. The van der Waals surface area contributed by atoms with Crippen LogP contribution in [-0.4, -0.2) is 47.7 Å². The first-order chi connectivity index (χ1) is 12.0. The molecule has 1 aliphatic heterocycles. The fourth-order valence-electron chi connectivity index (χ4n) is 4.21. The average molecular weight is 344 g/mol. The van der Waals surface area contributed by atoms with Crippen LogP contribution >= 0.6 is 0 Å². The maximum Gasteiger partial charge on any atom is 0.222 e. The molecule has 1 aliphatic carbocycles. The van der Waals surface area contributed by atoms with E-state index in [2.05, 4.69) is 43.4 Å². The number of carbonyl (C=O) groups excluding carboxylic acids is 1. The SMILES string of the molecule is CC(C)CC(=O)N1CCC(CNC2(CO)Cc3ccccc3C2)CC1. The normalized spacial score (nSPS) is 20.1. The van der Waals surface area contributed by atoms with E-state index in [4.69, 9.17) is 0 Å². The van der Waals surface area contributed by atoms with Crippen LogP contribution in [0.4, 0.5) is 0 Å². The zero-order valence-corrected chi connectivity index (χ0v) is 15.6. The van der Waals surface area contributed by atoms with Gasteiger partial charge in [-0.2, -0.15) is 0 Å². The number of benzene rings is 1. The van der Waals surface area contributed by atoms with Crippen molar-refractivity contribution in [1.82, 2.24) is 10.2 Å². The number of hydrogen-bond acceptors (Lipinski definition) is 3. The lowest BCUT2D eigenvalue weighted by atomic mass is 9.92. The van der Waals surface area contributed by atoms with Gasteiger partial charge in [0.05, 0.1) is 6.61 Å². The van der Waals surface area contributed by atoms with E-state index in [-0.39, 0.29) is 12.1 Å². The smallest absolute Gasteiger partial charge is 0.222 e. The van der Waals surface area contributed by atoms with Gasteiger partial charge < -0.3 is 15.3 Å². The van der Waals surface area contributed by atoms with Crippen molar-refractivity contribution in [3.05, 3.63) is 35.4 Å². The van der Waals surface area contributed by atoms with Crippen LogP contribution in [0.25, 0.3) is 0 Å². The molecule has 0 saturated carbocycles. The van der Waals surface area contributed by atoms with Gasteiger partial charge in [0.25, 0.3) is 0 Å². The molecular weight excluding hydrogens is 312 g/mol. The van der Waals surface area contributed by atoms with Crippen molar-refractivity contribution in [2.45, 2.75) is 51.5 Å². The molecule has 1 saturated heterocycles. The highest BCUT2D eigenvalue weighted by Gasteiger charge is 2.37. The highest BCUT2D eigenvalue weighted by molar-refractivity contribution is 5.76. The third kappa shape index (κ3) is 4.42. The number of nitrogens with one attached hydrogen (secondary N) is 1. The van der Waals surface area contributed by atoms with Crippen LogP contribution in [0.2, 0.25) is 0 Å². The number of nitrogens with zero attached hydrogens (tertiary/aromatic N) is 1. The second-order valence-corrected chi connectivity index (χ2v) is 8.36. The molecule has 2 N–H and O–H groups in total. The van der Waals surface area contributed by atoms with E-state index < -0.39 is 0 Å². The van der Waals surface area contributed by atoms with Gasteiger partial charge in [-0.3, -0.25) is 4.79 Å². The fourth-order valence-corrected chi connectivity index (χ4v) is 4.21. The molecular formula is C21H32N2O2. The number of aliphatic hydroxyl groups excluding tert-OH is 1. The van der Waals surface area contributed by atoms with Crippen LogP contribution in [-0.2, 0) is 17.6 Å². The van der Waals surface area contributed by atoms with Crippen LogP contribution in [0, 0.1) is 11.8 Å². The molecule has 0 aromatic heterocycles. The van der Waals surface area contributed by atoms with Crippen molar-refractivity contribution in [2.24, 2.45) is 11.8 Å². The molecule has 1 amide bonds. The molecule has 1 aromatic rings. The number of piperidine rings is 1. The molecule has 0 spiro atoms. The largest absolute Gasteiger partial charge is 0.394 e. The quantitative estimate of drug-likeness (QED) is 0.833. The molecule has 25 heavy (non-hydrogen) atoms. The second kappa shape index (κ2) is 7.88. The zero-order chi connectivity index (χ0) is 17.9. The number of rotatable bonds is 6. The molecule has 1 fully saturated rings. The molecule has 0 bridgehead atoms. The molecule has 0 unspecified atom stereocenters. The summed E-state index contributed by atoms with van der Waals surface area (Å²) in [6.45, 7) is 7.06. The Morgan fingerprint density at radius 3 is 2.36 bits per heavy atom. The van der Waals surface area contributed by atoms with Crippen LogP contribution in [0.5, 0.6) is 0 Å². The topological polar surface area (TPSA) is 52.6 Å². The van der Waals surface area contributed by atoms with Gasteiger partial charge in [0, 0.05) is 25.0 Å². The summed E-state index contributed by atoms with van der Waals surface area (Å²) in [6, 6.07) is 8.51. The minimum atomic E-state index is -0.200. The summed E-state index contributed by atoms with van der Waals surface area (Å²) in [4.78, 5) is 14.2. The number of carbonyl (C=O) groups is 1. The Hall–Kier alpha value is -1.39. The first kappa shape index (κ1) is 18.4. The minimum Gasteiger partial charge on any atom is -0.394 e. The number of aliphatic hydroxyl groups is 1. The number of hydrogen-bond donors (Lipinski definition) is 2. The Labute approximate surface area is 151 Å². The fraction of sp³-hybridized carbons (Fsp3) is 0.667. The predicted molar refractivity (Wildman–Crippen MR) is 100 cm³/mol. The molecule has 0 radical (unpaired) electrons. The summed E-state index contributed by atoms with van der Waals surface area (Å²) in [6.07, 6.45) is 4.60. The van der Waals surface area contributed by atoms with Crippen LogP contribution in [0.15, 0.2) is 24.3 Å². The lowest BCUT2D eigenvalue weighted by Gasteiger charge is -2.35. The molecule has 2 aliphatic rings. The Kier molecular flexibility index (Phi) is 5.80. The van der Waals surface area contributed by atoms with Gasteiger partial charge in [0.15, 0.2) is 0 Å². The summed E-state index contributed by atoms with van der Waals surface area (Å²) in [5.41, 5.74) is 2.52. The highest BCUT2D eigenvalue weighted by Crippen LogP contribution is 2.30. The number of fused-ring (bicyclic) bond motifs is 1. The first-order valence-corrected chi connectivity index (χ1v) is 9.72. The summed E-state index contributed by atoms with van der Waals surface area (Å²) in [5, 5.41) is 13.7. The zero-order valence-electron chi connectivity index (χ0n) is 15.6. The van der Waals surface area contributed by atoms with Crippen LogP contribution in [0.3, 0.4) is 0 Å². The van der Waals surface area contributed by atoms with E-state index in [1.807, 2.05) is 4.90 Å². The van der Waals surface area contributed by atoms with Gasteiger partial charge in [0.2, 0.25) is 5.91 Å². The Balaban J connectivity index is 1.48. The second-order valence-electron chi connectivity index (χ2n) is 8.36. The van der Waals surface area contributed by atoms with Crippen LogP contribution < -0.4 is 5.32 Å². The van der Waals surface area contributed by atoms with Crippen molar-refractivity contribution in [3.63, 3.8) is 0 Å². The number of likely N-dealkylation sites (tertiary alicyclic amines) is 1. The van der Waals surface area contributed by atoms with E-state index in [0.29, 0.717) is 24.2 Å². The third-order valence-corrected chi connectivity index (χ3v) is 5.79. The van der Waals surface area contributed by atoms with E-state index in [9.17, 15) is 9.90 Å². The predicted octanol–water partition coefficient (Wildman–Crippen LogP) is 2.39. The molecule has 1 aromatic carbocycles. The van der Waals surface area contributed by atoms with Crippen LogP contribution in [0.1, 0.15) is 44.2 Å². The molecule has 4 nitrogen and oxygen atoms in total. The van der Waals surface area contributed by atoms with Gasteiger partial charge >= 0.3 is 0 Å². The van der Waals surface area contributed by atoms with E-state index in [1.54, 1.807) is 0 Å². The summed E-state index contributed by atoms with van der Waals surface area (Å²) in [7, 11) is 0. The first-order valence-electron chi connectivity index (χ1n) is 9.72. The highest BCUT2D eigenvalue weighted by atomic mass is 16.3. The molecule has 0 atom stereocenters. The third-order valence-electron chi connectivity index (χ3n) is 5.79. The van der Waals surface area contributed by atoms with E-state index in [1.165, 1.54) is 11.1 Å². The summed E-state index contributed by atoms with van der Waals surface area (Å²) < 4.78 is 0. The molecule has 138 valence electrons. The lowest BCUT2D eigenvalue weighted by molar-refractivity contribution is -0.133. The average Bonchev–Trinajstić information content (AvgIpc) is 2.99. The Bertz CT molecular complexity index is 566. The van der Waals surface area contributed by atoms with Crippen molar-refractivity contribution in [2.75, 3.05) is 26.2 Å². The van der Waals surface area contributed by atoms with Crippen molar-refractivity contribution >= 4 is 5.91 Å². The van der Waals surface area contributed by atoms with Gasteiger partial charge in [-0.05, 0) is 55.2 Å². The monoisotopic (exact) mass is 344 g/mol. The standard InChI is InChI=1S/C21H32N2O2/c1-16(2)11-20(25)23-9-7-17(8-10-23)14-22-21(15-24)12-18-5-3-4-6-19(18)13-21/h3-6,16-17,22,24H,7-15H2,1-2H3. The minimum absolute atomic E-state index is 0.174. The van der Waals surface area contributed by atoms with Crippen molar-refractivity contribution < 1.29 is 9.90 Å². The van der Waals surface area contributed by atoms with Gasteiger partial charge in [-0.15, -0.1) is 0 Å². The van der Waals surface area contributed by atoms with Gasteiger partial charge in [-0.1, -0.05) is 38.1 Å². The lowest BCUT2D eigenvalue weighted by Crippen LogP contribution is -2.52. The van der Waals surface area contributed by atoms with Crippen molar-refractivity contribution in [3.8, 4) is 0 Å². The van der Waals surface area contributed by atoms with E-state index >= 15 is 0 Å². The number of amides is 1. The summed E-state index contributed by atoms with van der Waals surface area (Å²) in [5.74, 6) is 1.33. The molecule has 3 rings (SSSR count). The summed E-state index contributed by atoms with van der Waals surface area (Å²) >= 11 is 0. The molecule has 4 heteroatoms. The van der Waals surface area contributed by atoms with Gasteiger partial charge in [-0.25, -0.2) is 0 Å². The Morgan fingerprint density at radius 2 is 1.84 bits per heavy atom. The van der Waals surface area contributed by atoms with Crippen molar-refractivity contribution in [1.29, 1.82) is 0 Å². The molecule has 1 heterocycles. The van der Waals surface area contributed by atoms with E-state index in [0.717, 1.165) is 45.3 Å². The Morgan fingerprint density at radius 1 is 1.24 bits per heavy atom. The van der Waals surface area contributed by atoms with Gasteiger partial charge in [0.1, 0.15) is 0 Å².